The van der Waals surface area contributed by atoms with Gasteiger partial charge in [-0.15, -0.1) is 0 Å². The largest absolute Gasteiger partial charge is 0.465 e. The van der Waals surface area contributed by atoms with E-state index < -0.39 is 11.7 Å². The fraction of sp³-hybridized carbons (Fsp3) is 0.600. The second-order valence-corrected chi connectivity index (χ2v) is 4.20. The Labute approximate surface area is 91.9 Å². The third-order valence-corrected chi connectivity index (χ3v) is 3.28. The van der Waals surface area contributed by atoms with Gasteiger partial charge in [0, 0.05) is 0 Å². The van der Waals surface area contributed by atoms with Crippen LogP contribution in [0.1, 0.15) is 38.6 Å². The van der Waals surface area contributed by atoms with Crippen molar-refractivity contribution in [3.05, 3.63) is 22.6 Å². The summed E-state index contributed by atoms with van der Waals surface area (Å²) in [6, 6.07) is 1.70. The third-order valence-electron chi connectivity index (χ3n) is 2.63. The highest BCUT2D eigenvalue weighted by molar-refractivity contribution is 9.10. The summed E-state index contributed by atoms with van der Waals surface area (Å²) in [7, 11) is 0. The molecule has 0 saturated carbocycles. The molecule has 1 rings (SSSR count). The molecule has 0 spiro atoms. The number of hydrogen-bond donors (Lipinski definition) is 2. The molecule has 0 saturated heterocycles. The van der Waals surface area contributed by atoms with E-state index in [-0.39, 0.29) is 0 Å². The molecule has 1 heterocycles. The summed E-state index contributed by atoms with van der Waals surface area (Å²) in [5.41, 5.74) is -1.11. The average Bonchev–Trinajstić information content (AvgIpc) is 2.62. The van der Waals surface area contributed by atoms with Gasteiger partial charge < -0.3 is 14.6 Å². The van der Waals surface area contributed by atoms with Crippen LogP contribution < -0.4 is 0 Å². The van der Waals surface area contributed by atoms with Crippen LogP contribution in [0.25, 0.3) is 0 Å². The molecule has 3 nitrogen and oxygen atoms in total. The molecule has 0 aromatic carbocycles. The molecule has 1 aromatic rings. The number of halogens is 1. The lowest BCUT2D eigenvalue weighted by atomic mass is 9.89. The van der Waals surface area contributed by atoms with E-state index in [2.05, 4.69) is 15.9 Å². The predicted octanol–water partition coefficient (Wildman–Crippen LogP) is 2.63. The molecule has 14 heavy (non-hydrogen) atoms. The Morgan fingerprint density at radius 2 is 2.07 bits per heavy atom. The minimum atomic E-state index is -1.11. The molecule has 2 N–H and O–H groups in total. The summed E-state index contributed by atoms with van der Waals surface area (Å²) in [4.78, 5) is 0. The summed E-state index contributed by atoms with van der Waals surface area (Å²) < 4.78 is 5.80. The van der Waals surface area contributed by atoms with Crippen LogP contribution in [0, 0.1) is 0 Å². The fourth-order valence-electron chi connectivity index (χ4n) is 1.38. The molecular formula is C10H15BrO3. The van der Waals surface area contributed by atoms with Crippen molar-refractivity contribution in [3.8, 4) is 0 Å². The van der Waals surface area contributed by atoms with E-state index in [1.807, 2.05) is 13.8 Å². The van der Waals surface area contributed by atoms with Crippen LogP contribution in [-0.2, 0) is 0 Å². The topological polar surface area (TPSA) is 53.6 Å². The molecule has 80 valence electrons. The van der Waals surface area contributed by atoms with Crippen LogP contribution in [0.5, 0.6) is 0 Å². The monoisotopic (exact) mass is 262 g/mol. The maximum atomic E-state index is 10.1. The second kappa shape index (κ2) is 4.47. The Balaban J connectivity index is 2.94. The second-order valence-electron chi connectivity index (χ2n) is 3.35. The molecule has 4 heteroatoms. The summed E-state index contributed by atoms with van der Waals surface area (Å²) in [5.74, 6) is 0.385. The molecule has 0 bridgehead atoms. The lowest BCUT2D eigenvalue weighted by Crippen LogP contribution is -2.34. The Kier molecular flexibility index (Phi) is 3.75. The van der Waals surface area contributed by atoms with E-state index >= 15 is 0 Å². The predicted molar refractivity (Wildman–Crippen MR) is 56.9 cm³/mol. The minimum Gasteiger partial charge on any atom is -0.465 e. The van der Waals surface area contributed by atoms with Gasteiger partial charge in [-0.25, -0.2) is 0 Å². The molecule has 0 amide bonds. The number of furan rings is 1. The van der Waals surface area contributed by atoms with Gasteiger partial charge in [0.2, 0.25) is 0 Å². The summed E-state index contributed by atoms with van der Waals surface area (Å²) in [6.07, 6.45) is 1.46. The van der Waals surface area contributed by atoms with Crippen LogP contribution >= 0.6 is 15.9 Å². The molecule has 0 aliphatic carbocycles. The maximum Gasteiger partial charge on any atom is 0.149 e. The van der Waals surface area contributed by atoms with E-state index in [1.54, 1.807) is 6.07 Å². The first-order valence-corrected chi connectivity index (χ1v) is 5.47. The number of aliphatic hydroxyl groups is 2. The quantitative estimate of drug-likeness (QED) is 0.877. The van der Waals surface area contributed by atoms with Crippen molar-refractivity contribution in [2.75, 3.05) is 0 Å². The van der Waals surface area contributed by atoms with Crippen molar-refractivity contribution in [1.29, 1.82) is 0 Å². The molecule has 0 aliphatic heterocycles. The van der Waals surface area contributed by atoms with Gasteiger partial charge in [-0.1, -0.05) is 13.8 Å². The molecule has 0 radical (unpaired) electrons. The van der Waals surface area contributed by atoms with Crippen molar-refractivity contribution in [2.45, 2.75) is 38.4 Å². The zero-order chi connectivity index (χ0) is 10.8. The molecule has 1 atom stereocenters. The summed E-state index contributed by atoms with van der Waals surface area (Å²) in [6.45, 7) is 3.67. The fourth-order valence-corrected chi connectivity index (χ4v) is 1.80. The number of hydrogen-bond acceptors (Lipinski definition) is 3. The molecule has 1 aromatic heterocycles. The molecule has 0 fully saturated rings. The standard InChI is InChI=1S/C10H15BrO3/c1-3-10(13,4-2)9(12)8-7(11)5-6-14-8/h5-6,9,12-13H,3-4H2,1-2H3. The summed E-state index contributed by atoms with van der Waals surface area (Å²) >= 11 is 3.25. The van der Waals surface area contributed by atoms with Crippen molar-refractivity contribution in [2.24, 2.45) is 0 Å². The van der Waals surface area contributed by atoms with E-state index in [0.29, 0.717) is 23.1 Å². The van der Waals surface area contributed by atoms with E-state index in [0.717, 1.165) is 0 Å². The highest BCUT2D eigenvalue weighted by Gasteiger charge is 2.36. The molecule has 0 aliphatic rings. The van der Waals surface area contributed by atoms with Gasteiger partial charge in [-0.05, 0) is 34.8 Å². The first-order chi connectivity index (χ1) is 6.55. The lowest BCUT2D eigenvalue weighted by molar-refractivity contribution is -0.0907. The lowest BCUT2D eigenvalue weighted by Gasteiger charge is -2.29. The SMILES string of the molecule is CCC(O)(CC)C(O)c1occc1Br. The minimum absolute atomic E-state index is 0.385. The van der Waals surface area contributed by atoms with Crippen LogP contribution in [0.15, 0.2) is 21.2 Å². The Morgan fingerprint density at radius 3 is 2.43 bits per heavy atom. The highest BCUT2D eigenvalue weighted by Crippen LogP contribution is 2.35. The van der Waals surface area contributed by atoms with Crippen LogP contribution in [0.2, 0.25) is 0 Å². The van der Waals surface area contributed by atoms with Gasteiger partial charge >= 0.3 is 0 Å². The van der Waals surface area contributed by atoms with Gasteiger partial charge in [0.1, 0.15) is 11.9 Å². The number of rotatable bonds is 4. The zero-order valence-electron chi connectivity index (χ0n) is 8.33. The van der Waals surface area contributed by atoms with E-state index in [4.69, 9.17) is 4.42 Å². The van der Waals surface area contributed by atoms with Crippen molar-refractivity contribution in [3.63, 3.8) is 0 Å². The van der Waals surface area contributed by atoms with Gasteiger partial charge in [0.15, 0.2) is 0 Å². The third kappa shape index (κ3) is 2.02. The van der Waals surface area contributed by atoms with Crippen molar-refractivity contribution < 1.29 is 14.6 Å². The Morgan fingerprint density at radius 1 is 1.50 bits per heavy atom. The average molecular weight is 263 g/mol. The van der Waals surface area contributed by atoms with Gasteiger partial charge in [-0.3, -0.25) is 0 Å². The van der Waals surface area contributed by atoms with Crippen LogP contribution in [0.3, 0.4) is 0 Å². The maximum absolute atomic E-state index is 10.1. The Hall–Kier alpha value is -0.320. The van der Waals surface area contributed by atoms with Crippen molar-refractivity contribution in [1.82, 2.24) is 0 Å². The molecular weight excluding hydrogens is 248 g/mol. The van der Waals surface area contributed by atoms with Crippen molar-refractivity contribution >= 4 is 15.9 Å². The normalized spacial score (nSPS) is 14.4. The smallest absolute Gasteiger partial charge is 0.149 e. The first-order valence-electron chi connectivity index (χ1n) is 4.68. The van der Waals surface area contributed by atoms with Crippen LogP contribution in [0.4, 0.5) is 0 Å². The van der Waals surface area contributed by atoms with Gasteiger partial charge in [0.05, 0.1) is 16.3 Å². The van der Waals surface area contributed by atoms with Gasteiger partial charge in [-0.2, -0.15) is 0 Å². The Bertz CT molecular complexity index is 291. The zero-order valence-corrected chi connectivity index (χ0v) is 9.91. The van der Waals surface area contributed by atoms with E-state index in [1.165, 1.54) is 6.26 Å². The highest BCUT2D eigenvalue weighted by atomic mass is 79.9. The van der Waals surface area contributed by atoms with Gasteiger partial charge in [0.25, 0.3) is 0 Å². The van der Waals surface area contributed by atoms with E-state index in [9.17, 15) is 10.2 Å². The first kappa shape index (κ1) is 11.8. The van der Waals surface area contributed by atoms with Crippen LogP contribution in [-0.4, -0.2) is 15.8 Å². The number of aliphatic hydroxyl groups excluding tert-OH is 1. The molecule has 1 unspecified atom stereocenters. The summed E-state index contributed by atoms with van der Waals surface area (Å²) in [5, 5.41) is 20.0.